The Balaban J connectivity index is 2.11. The Morgan fingerprint density at radius 3 is 1.63 bits per heavy atom. The number of phenols is 2. The largest absolute Gasteiger partial charge is 0.508 e. The van der Waals surface area contributed by atoms with Crippen LogP contribution in [0.4, 0.5) is 10.5 Å². The number of carbonyl (C=O) groups is 1. The number of anilines is 1. The monoisotopic (exact) mass is 402 g/mol. The molecule has 3 N–H and O–H groups in total. The highest BCUT2D eigenvalue weighted by Crippen LogP contribution is 2.35. The number of nitrogens with zero attached hydrogens (tertiary/aromatic N) is 1. The van der Waals surface area contributed by atoms with Crippen molar-refractivity contribution in [1.82, 2.24) is 4.90 Å². The van der Waals surface area contributed by atoms with Crippen LogP contribution in [-0.4, -0.2) is 35.2 Å². The predicted molar refractivity (Wildman–Crippen MR) is 122 cm³/mol. The second-order valence-electron chi connectivity index (χ2n) is 7.20. The first kappa shape index (κ1) is 21.0. The molecule has 0 atom stereocenters. The van der Waals surface area contributed by atoms with Gasteiger partial charge in [-0.2, -0.15) is 0 Å². The number of nitrogens with one attached hydrogen (secondary N) is 1. The standard InChI is InChI=1S/C25H26N2O3/c1-4-23(17-7-13-21(28)14-8-17)24(19-9-15-22(29)16-10-19)18-5-11-20(12-6-18)26-25(30)27(2)3/h5-16,28-29H,4H2,1-3H3,(H,26,30)/b24-23+. The van der Waals surface area contributed by atoms with E-state index in [0.717, 1.165) is 34.3 Å². The van der Waals surface area contributed by atoms with Gasteiger partial charge in [0, 0.05) is 19.8 Å². The molecule has 3 rings (SSSR count). The Labute approximate surface area is 176 Å². The van der Waals surface area contributed by atoms with Crippen molar-refractivity contribution < 1.29 is 15.0 Å². The van der Waals surface area contributed by atoms with Gasteiger partial charge in [-0.3, -0.25) is 0 Å². The van der Waals surface area contributed by atoms with Crippen LogP contribution < -0.4 is 5.32 Å². The molecule has 0 heterocycles. The molecule has 0 aromatic heterocycles. The van der Waals surface area contributed by atoms with E-state index in [9.17, 15) is 15.0 Å². The van der Waals surface area contributed by atoms with Crippen LogP contribution in [0.5, 0.6) is 11.5 Å². The van der Waals surface area contributed by atoms with Crippen LogP contribution in [0.15, 0.2) is 72.8 Å². The predicted octanol–water partition coefficient (Wildman–Crippen LogP) is 5.56. The fraction of sp³-hybridized carbons (Fsp3) is 0.160. The molecule has 3 aromatic rings. The minimum absolute atomic E-state index is 0.185. The van der Waals surface area contributed by atoms with Gasteiger partial charge in [-0.05, 0) is 70.7 Å². The quantitative estimate of drug-likeness (QED) is 0.489. The molecule has 0 unspecified atom stereocenters. The molecule has 0 saturated carbocycles. The maximum Gasteiger partial charge on any atom is 0.321 e. The molecule has 0 aliphatic carbocycles. The number of carbonyl (C=O) groups excluding carboxylic acids is 1. The maximum absolute atomic E-state index is 11.9. The zero-order valence-corrected chi connectivity index (χ0v) is 17.4. The van der Waals surface area contributed by atoms with Gasteiger partial charge in [0.15, 0.2) is 0 Å². The topological polar surface area (TPSA) is 72.8 Å². The molecular weight excluding hydrogens is 376 g/mol. The summed E-state index contributed by atoms with van der Waals surface area (Å²) in [5.74, 6) is 0.434. The molecule has 3 aromatic carbocycles. The molecule has 0 radical (unpaired) electrons. The van der Waals surface area contributed by atoms with Gasteiger partial charge in [0.25, 0.3) is 0 Å². The lowest BCUT2D eigenvalue weighted by molar-refractivity contribution is 0.230. The molecule has 5 heteroatoms. The van der Waals surface area contributed by atoms with Crippen molar-refractivity contribution in [2.24, 2.45) is 0 Å². The Morgan fingerprint density at radius 1 is 0.767 bits per heavy atom. The van der Waals surface area contributed by atoms with E-state index in [-0.39, 0.29) is 17.5 Å². The number of hydrogen-bond donors (Lipinski definition) is 3. The van der Waals surface area contributed by atoms with Gasteiger partial charge in [0.05, 0.1) is 0 Å². The lowest BCUT2D eigenvalue weighted by Crippen LogP contribution is -2.27. The highest BCUT2D eigenvalue weighted by Gasteiger charge is 2.14. The van der Waals surface area contributed by atoms with Crippen molar-refractivity contribution in [3.63, 3.8) is 0 Å². The lowest BCUT2D eigenvalue weighted by Gasteiger charge is -2.17. The minimum Gasteiger partial charge on any atom is -0.508 e. The van der Waals surface area contributed by atoms with Gasteiger partial charge in [0.1, 0.15) is 11.5 Å². The number of hydrogen-bond acceptors (Lipinski definition) is 3. The van der Waals surface area contributed by atoms with Gasteiger partial charge in [-0.15, -0.1) is 0 Å². The molecular formula is C25H26N2O3. The van der Waals surface area contributed by atoms with E-state index in [0.29, 0.717) is 5.69 Å². The van der Waals surface area contributed by atoms with Crippen LogP contribution >= 0.6 is 0 Å². The summed E-state index contributed by atoms with van der Waals surface area (Å²) in [6, 6.07) is 21.8. The van der Waals surface area contributed by atoms with E-state index in [1.807, 2.05) is 48.5 Å². The first-order valence-corrected chi connectivity index (χ1v) is 9.79. The molecule has 0 fully saturated rings. The van der Waals surface area contributed by atoms with Crippen LogP contribution in [0, 0.1) is 0 Å². The number of aromatic hydroxyl groups is 2. The van der Waals surface area contributed by atoms with Crippen molar-refractivity contribution in [2.45, 2.75) is 13.3 Å². The summed E-state index contributed by atoms with van der Waals surface area (Å²) in [5, 5.41) is 22.2. The highest BCUT2D eigenvalue weighted by molar-refractivity contribution is 5.99. The van der Waals surface area contributed by atoms with Crippen molar-refractivity contribution in [3.8, 4) is 11.5 Å². The minimum atomic E-state index is -0.185. The zero-order valence-electron chi connectivity index (χ0n) is 17.4. The Kier molecular flexibility index (Phi) is 6.42. The second kappa shape index (κ2) is 9.18. The zero-order chi connectivity index (χ0) is 21.7. The Morgan fingerprint density at radius 2 is 1.20 bits per heavy atom. The van der Waals surface area contributed by atoms with E-state index in [4.69, 9.17) is 0 Å². The summed E-state index contributed by atoms with van der Waals surface area (Å²) in [5.41, 5.74) is 5.85. The molecule has 0 spiro atoms. The van der Waals surface area contributed by atoms with E-state index >= 15 is 0 Å². The number of amides is 2. The summed E-state index contributed by atoms with van der Waals surface area (Å²) in [4.78, 5) is 13.4. The molecule has 2 amide bonds. The van der Waals surface area contributed by atoms with E-state index in [2.05, 4.69) is 12.2 Å². The third kappa shape index (κ3) is 4.81. The summed E-state index contributed by atoms with van der Waals surface area (Å²) < 4.78 is 0. The average Bonchev–Trinajstić information content (AvgIpc) is 2.74. The van der Waals surface area contributed by atoms with Crippen molar-refractivity contribution in [1.29, 1.82) is 0 Å². The van der Waals surface area contributed by atoms with Crippen LogP contribution in [0.3, 0.4) is 0 Å². The van der Waals surface area contributed by atoms with Crippen LogP contribution in [0.25, 0.3) is 11.1 Å². The molecule has 5 nitrogen and oxygen atoms in total. The second-order valence-corrected chi connectivity index (χ2v) is 7.20. The van der Waals surface area contributed by atoms with Gasteiger partial charge >= 0.3 is 6.03 Å². The van der Waals surface area contributed by atoms with E-state index < -0.39 is 0 Å². The van der Waals surface area contributed by atoms with Crippen LogP contribution in [-0.2, 0) is 0 Å². The molecule has 0 bridgehead atoms. The summed E-state index contributed by atoms with van der Waals surface area (Å²) in [6.45, 7) is 2.09. The van der Waals surface area contributed by atoms with Gasteiger partial charge in [-0.1, -0.05) is 43.3 Å². The molecule has 30 heavy (non-hydrogen) atoms. The normalized spacial score (nSPS) is 11.6. The van der Waals surface area contributed by atoms with E-state index in [1.54, 1.807) is 38.4 Å². The fourth-order valence-electron chi connectivity index (χ4n) is 3.29. The summed E-state index contributed by atoms with van der Waals surface area (Å²) in [6.07, 6.45) is 0.778. The number of allylic oxidation sites excluding steroid dienone is 1. The summed E-state index contributed by atoms with van der Waals surface area (Å²) in [7, 11) is 3.39. The van der Waals surface area contributed by atoms with Crippen molar-refractivity contribution in [2.75, 3.05) is 19.4 Å². The third-order valence-corrected chi connectivity index (χ3v) is 4.86. The smallest absolute Gasteiger partial charge is 0.321 e. The fourth-order valence-corrected chi connectivity index (χ4v) is 3.29. The Bertz CT molecular complexity index is 1040. The summed E-state index contributed by atoms with van der Waals surface area (Å²) >= 11 is 0. The molecule has 154 valence electrons. The van der Waals surface area contributed by atoms with Gasteiger partial charge in [0.2, 0.25) is 0 Å². The molecule has 0 aliphatic rings. The molecule has 0 aliphatic heterocycles. The van der Waals surface area contributed by atoms with E-state index in [1.165, 1.54) is 4.90 Å². The lowest BCUT2D eigenvalue weighted by atomic mass is 9.88. The van der Waals surface area contributed by atoms with Crippen molar-refractivity contribution >= 4 is 22.9 Å². The first-order valence-electron chi connectivity index (χ1n) is 9.79. The van der Waals surface area contributed by atoms with Crippen LogP contribution in [0.1, 0.15) is 30.0 Å². The first-order chi connectivity index (χ1) is 14.4. The highest BCUT2D eigenvalue weighted by atomic mass is 16.3. The van der Waals surface area contributed by atoms with Crippen molar-refractivity contribution in [3.05, 3.63) is 89.5 Å². The SMILES string of the molecule is CC/C(=C(\c1ccc(O)cc1)c1ccc(NC(=O)N(C)C)cc1)c1ccc(O)cc1. The number of rotatable bonds is 5. The van der Waals surface area contributed by atoms with Gasteiger partial charge < -0.3 is 20.4 Å². The number of urea groups is 1. The maximum atomic E-state index is 11.9. The Hall–Kier alpha value is -3.73. The average molecular weight is 402 g/mol. The number of phenolic OH excluding ortho intramolecular Hbond substituents is 2. The number of benzene rings is 3. The molecule has 0 saturated heterocycles. The third-order valence-electron chi connectivity index (χ3n) is 4.86. The van der Waals surface area contributed by atoms with Gasteiger partial charge in [-0.25, -0.2) is 4.79 Å². The van der Waals surface area contributed by atoms with Crippen LogP contribution in [0.2, 0.25) is 0 Å².